The molecule has 2 aromatic carbocycles. The van der Waals surface area contributed by atoms with Crippen LogP contribution in [0.15, 0.2) is 83.5 Å². The maximum absolute atomic E-state index is 5.79. The van der Waals surface area contributed by atoms with Gasteiger partial charge in [-0.1, -0.05) is 48.5 Å². The lowest BCUT2D eigenvalue weighted by molar-refractivity contribution is 0.197. The van der Waals surface area contributed by atoms with E-state index in [4.69, 9.17) is 26.5 Å². The fraction of sp³-hybridized carbons (Fsp3) is 0.217. The van der Waals surface area contributed by atoms with Gasteiger partial charge >= 0.3 is 0 Å². The van der Waals surface area contributed by atoms with Gasteiger partial charge in [-0.25, -0.2) is 4.68 Å². The Morgan fingerprint density at radius 2 is 1.73 bits per heavy atom. The number of likely N-dealkylation sites (N-methyl/N-ethyl adjacent to an activating group) is 1. The molecule has 0 fully saturated rings. The summed E-state index contributed by atoms with van der Waals surface area (Å²) in [5, 5.41) is 4.75. The molecule has 0 bridgehead atoms. The molecule has 2 heterocycles. The monoisotopic (exact) mass is 420 g/mol. The Labute approximate surface area is 180 Å². The van der Waals surface area contributed by atoms with E-state index in [0.717, 1.165) is 23.7 Å². The van der Waals surface area contributed by atoms with Crippen LogP contribution in [0.1, 0.15) is 5.56 Å². The van der Waals surface area contributed by atoms with Crippen molar-refractivity contribution < 1.29 is 9.15 Å². The van der Waals surface area contributed by atoms with Crippen molar-refractivity contribution in [2.45, 2.75) is 13.2 Å². The summed E-state index contributed by atoms with van der Waals surface area (Å²) in [5.41, 5.74) is 1.16. The zero-order chi connectivity index (χ0) is 20.8. The van der Waals surface area contributed by atoms with Crippen LogP contribution in [0, 0.1) is 4.77 Å². The molecule has 0 unspecified atom stereocenters. The van der Waals surface area contributed by atoms with E-state index >= 15 is 0 Å². The highest BCUT2D eigenvalue weighted by molar-refractivity contribution is 7.71. The average Bonchev–Trinajstić information content (AvgIpc) is 3.40. The topological polar surface area (TPSA) is 48.4 Å². The quantitative estimate of drug-likeness (QED) is 0.368. The zero-order valence-electron chi connectivity index (χ0n) is 16.8. The second-order valence-corrected chi connectivity index (χ2v) is 7.40. The third kappa shape index (κ3) is 4.87. The Bertz CT molecular complexity index is 1110. The van der Waals surface area contributed by atoms with Crippen molar-refractivity contribution in [1.29, 1.82) is 0 Å². The van der Waals surface area contributed by atoms with Crippen molar-refractivity contribution in [3.8, 4) is 17.3 Å². The molecule has 154 valence electrons. The Morgan fingerprint density at radius 1 is 1.00 bits per heavy atom. The number of hydrogen-bond acceptors (Lipinski definition) is 5. The van der Waals surface area contributed by atoms with Gasteiger partial charge in [-0.15, -0.1) is 5.10 Å². The third-order valence-corrected chi connectivity index (χ3v) is 5.14. The summed E-state index contributed by atoms with van der Waals surface area (Å²) in [6, 6.07) is 23.8. The Hall–Kier alpha value is -3.16. The number of hydrogen-bond donors (Lipinski definition) is 0. The molecule has 0 aliphatic rings. The van der Waals surface area contributed by atoms with Gasteiger partial charge in [-0.2, -0.15) is 0 Å². The second kappa shape index (κ2) is 9.56. The molecular weight excluding hydrogens is 396 g/mol. The maximum atomic E-state index is 5.79. The highest BCUT2D eigenvalue weighted by atomic mass is 32.1. The maximum Gasteiger partial charge on any atom is 0.199 e. The van der Waals surface area contributed by atoms with E-state index in [-0.39, 0.29) is 0 Å². The van der Waals surface area contributed by atoms with E-state index in [1.807, 2.05) is 77.0 Å². The Kier molecular flexibility index (Phi) is 6.41. The van der Waals surface area contributed by atoms with Crippen LogP contribution in [0.25, 0.3) is 11.6 Å². The number of rotatable bonds is 9. The minimum atomic E-state index is 0.562. The Morgan fingerprint density at radius 3 is 2.43 bits per heavy atom. The molecule has 0 spiro atoms. The van der Waals surface area contributed by atoms with Crippen LogP contribution >= 0.6 is 12.2 Å². The highest BCUT2D eigenvalue weighted by Gasteiger charge is 2.16. The lowest BCUT2D eigenvalue weighted by atomic mass is 10.2. The number of para-hydroxylation sites is 1. The predicted molar refractivity (Wildman–Crippen MR) is 119 cm³/mol. The first-order valence-corrected chi connectivity index (χ1v) is 10.2. The molecule has 0 aliphatic heterocycles. The van der Waals surface area contributed by atoms with Crippen molar-refractivity contribution in [3.63, 3.8) is 0 Å². The summed E-state index contributed by atoms with van der Waals surface area (Å²) in [6.45, 7) is 2.53. The van der Waals surface area contributed by atoms with Crippen molar-refractivity contribution in [2.75, 3.05) is 20.2 Å². The molecule has 4 aromatic rings. The number of benzene rings is 2. The second-order valence-electron chi connectivity index (χ2n) is 7.04. The molecule has 4 rings (SSSR count). The largest absolute Gasteiger partial charge is 0.492 e. The van der Waals surface area contributed by atoms with Gasteiger partial charge in [0.25, 0.3) is 0 Å². The molecule has 6 nitrogen and oxygen atoms in total. The molecule has 0 saturated heterocycles. The van der Waals surface area contributed by atoms with Crippen LogP contribution in [-0.4, -0.2) is 39.4 Å². The summed E-state index contributed by atoms with van der Waals surface area (Å²) in [4.78, 5) is 2.13. The van der Waals surface area contributed by atoms with E-state index in [0.29, 0.717) is 30.4 Å². The summed E-state index contributed by atoms with van der Waals surface area (Å²) in [5.74, 6) is 2.29. The van der Waals surface area contributed by atoms with E-state index in [1.165, 1.54) is 0 Å². The standard InChI is InChI=1S/C23H24N4O2S/c1-25(14-16-28-20-11-6-3-7-12-20)18-27-23(30)26(17-19-9-4-2-5-10-19)22(24-27)21-13-8-15-29-21/h2-13,15H,14,16-18H2,1H3. The molecular formula is C23H24N4O2S. The first-order valence-electron chi connectivity index (χ1n) is 9.82. The number of aromatic nitrogens is 3. The van der Waals surface area contributed by atoms with Gasteiger partial charge in [0.1, 0.15) is 12.4 Å². The van der Waals surface area contributed by atoms with E-state index in [2.05, 4.69) is 17.0 Å². The Balaban J connectivity index is 1.49. The molecule has 0 aliphatic carbocycles. The number of ether oxygens (including phenoxy) is 1. The molecule has 7 heteroatoms. The third-order valence-electron chi connectivity index (χ3n) is 4.71. The fourth-order valence-electron chi connectivity index (χ4n) is 3.17. The van der Waals surface area contributed by atoms with Gasteiger partial charge in [-0.3, -0.25) is 9.47 Å². The van der Waals surface area contributed by atoms with Crippen LogP contribution in [0.2, 0.25) is 0 Å². The van der Waals surface area contributed by atoms with Gasteiger partial charge in [-0.05, 0) is 49.1 Å². The van der Waals surface area contributed by atoms with Gasteiger partial charge in [0.15, 0.2) is 16.4 Å². The van der Waals surface area contributed by atoms with E-state index in [9.17, 15) is 0 Å². The number of furan rings is 1. The minimum Gasteiger partial charge on any atom is -0.492 e. The van der Waals surface area contributed by atoms with Gasteiger partial charge < -0.3 is 9.15 Å². The molecule has 30 heavy (non-hydrogen) atoms. The van der Waals surface area contributed by atoms with Crippen molar-refractivity contribution in [3.05, 3.63) is 89.4 Å². The highest BCUT2D eigenvalue weighted by Crippen LogP contribution is 2.20. The van der Waals surface area contributed by atoms with Crippen molar-refractivity contribution in [2.24, 2.45) is 0 Å². The molecule has 2 aromatic heterocycles. The summed E-state index contributed by atoms with van der Waals surface area (Å²) in [7, 11) is 2.03. The van der Waals surface area contributed by atoms with Crippen molar-refractivity contribution >= 4 is 12.2 Å². The van der Waals surface area contributed by atoms with Gasteiger partial charge in [0, 0.05) is 6.54 Å². The van der Waals surface area contributed by atoms with Crippen molar-refractivity contribution in [1.82, 2.24) is 19.2 Å². The van der Waals surface area contributed by atoms with E-state index in [1.54, 1.807) is 6.26 Å². The van der Waals surface area contributed by atoms with Gasteiger partial charge in [0.05, 0.1) is 19.5 Å². The minimum absolute atomic E-state index is 0.562. The van der Waals surface area contributed by atoms with Gasteiger partial charge in [0.2, 0.25) is 0 Å². The molecule has 0 saturated carbocycles. The summed E-state index contributed by atoms with van der Waals surface area (Å²) in [6.07, 6.45) is 1.65. The molecule has 0 N–H and O–H groups in total. The predicted octanol–water partition coefficient (Wildman–Crippen LogP) is 4.69. The SMILES string of the molecule is CN(CCOc1ccccc1)Cn1nc(-c2ccco2)n(Cc2ccccc2)c1=S. The van der Waals surface area contributed by atoms with E-state index < -0.39 is 0 Å². The van der Waals surface area contributed by atoms with Crippen LogP contribution in [0.5, 0.6) is 5.75 Å². The average molecular weight is 421 g/mol. The first kappa shape index (κ1) is 20.1. The summed E-state index contributed by atoms with van der Waals surface area (Å²) < 4.78 is 15.9. The number of nitrogens with zero attached hydrogens (tertiary/aromatic N) is 4. The lowest BCUT2D eigenvalue weighted by Crippen LogP contribution is -2.27. The van der Waals surface area contributed by atoms with Crippen LogP contribution in [-0.2, 0) is 13.2 Å². The molecule has 0 radical (unpaired) electrons. The smallest absolute Gasteiger partial charge is 0.199 e. The first-order chi connectivity index (χ1) is 14.7. The van der Waals surface area contributed by atoms with Crippen LogP contribution in [0.3, 0.4) is 0 Å². The molecule has 0 amide bonds. The van der Waals surface area contributed by atoms with Crippen LogP contribution < -0.4 is 4.74 Å². The summed E-state index contributed by atoms with van der Waals surface area (Å²) >= 11 is 5.76. The fourth-order valence-corrected chi connectivity index (χ4v) is 3.41. The van der Waals surface area contributed by atoms with Crippen LogP contribution in [0.4, 0.5) is 0 Å². The lowest BCUT2D eigenvalue weighted by Gasteiger charge is -2.16. The molecule has 0 atom stereocenters. The zero-order valence-corrected chi connectivity index (χ0v) is 17.7. The normalized spacial score (nSPS) is 11.1.